The first-order chi connectivity index (χ1) is 20.7. The van der Waals surface area contributed by atoms with Gasteiger partial charge in [0.15, 0.2) is 0 Å². The summed E-state index contributed by atoms with van der Waals surface area (Å²) < 4.78 is 63.3. The van der Waals surface area contributed by atoms with Crippen molar-refractivity contribution in [1.29, 1.82) is 0 Å². The molecule has 0 bridgehead atoms. The van der Waals surface area contributed by atoms with Crippen LogP contribution < -0.4 is 0 Å². The Kier molecular flexibility index (Phi) is 11.1. The van der Waals surface area contributed by atoms with Crippen molar-refractivity contribution in [2.75, 3.05) is 0 Å². The minimum absolute atomic E-state index is 0.0267. The SMILES string of the molecule is C=C1[C@H](O)C[C@H]2[C@@H]3[C@H](CCCCCCCCCC(CCCC(F)(F)C(F)(F)F)C(=O)O)Cc4cc(O)ccc4[C@H]3CC[C@]12C. The van der Waals surface area contributed by atoms with Gasteiger partial charge in [-0.3, -0.25) is 4.79 Å². The third kappa shape index (κ3) is 7.61. The number of aliphatic hydroxyl groups excluding tert-OH is 1. The molecule has 4 nitrogen and oxygen atoms in total. The number of rotatable bonds is 15. The van der Waals surface area contributed by atoms with E-state index in [1.807, 2.05) is 6.07 Å². The van der Waals surface area contributed by atoms with E-state index in [0.29, 0.717) is 35.8 Å². The first-order valence-corrected chi connectivity index (χ1v) is 16.5. The van der Waals surface area contributed by atoms with E-state index in [1.54, 1.807) is 6.07 Å². The highest BCUT2D eigenvalue weighted by Crippen LogP contribution is 2.64. The molecule has 0 saturated heterocycles. The third-order valence-electron chi connectivity index (χ3n) is 11.3. The lowest BCUT2D eigenvalue weighted by atomic mass is 9.52. The molecule has 0 aromatic heterocycles. The molecule has 3 N–H and O–H groups in total. The summed E-state index contributed by atoms with van der Waals surface area (Å²) in [7, 11) is 0. The van der Waals surface area contributed by atoms with Crippen molar-refractivity contribution in [2.45, 2.75) is 134 Å². The first kappa shape index (κ1) is 34.7. The number of carboxylic acid groups (broad SMARTS) is 1. The van der Waals surface area contributed by atoms with Crippen molar-refractivity contribution >= 4 is 5.97 Å². The van der Waals surface area contributed by atoms with Crippen LogP contribution in [0.5, 0.6) is 5.75 Å². The number of hydrogen-bond acceptors (Lipinski definition) is 3. The highest BCUT2D eigenvalue weighted by atomic mass is 19.4. The maximum absolute atomic E-state index is 13.1. The first-order valence-electron chi connectivity index (χ1n) is 16.5. The van der Waals surface area contributed by atoms with Crippen LogP contribution in [0.2, 0.25) is 0 Å². The normalized spacial score (nSPS) is 29.2. The number of carboxylic acids is 1. The molecule has 2 fully saturated rings. The van der Waals surface area contributed by atoms with E-state index in [9.17, 15) is 42.1 Å². The average molecular weight is 629 g/mol. The van der Waals surface area contributed by atoms with Crippen LogP contribution in [0.25, 0.3) is 0 Å². The molecule has 0 amide bonds. The number of carbonyl (C=O) groups is 1. The van der Waals surface area contributed by atoms with Gasteiger partial charge in [0.25, 0.3) is 0 Å². The molecular weight excluding hydrogens is 579 g/mol. The molecule has 7 atom stereocenters. The van der Waals surface area contributed by atoms with E-state index in [2.05, 4.69) is 19.6 Å². The number of unbranched alkanes of at least 4 members (excludes halogenated alkanes) is 6. The summed E-state index contributed by atoms with van der Waals surface area (Å²) in [5, 5.41) is 30.3. The summed E-state index contributed by atoms with van der Waals surface area (Å²) in [4.78, 5) is 11.5. The lowest BCUT2D eigenvalue weighted by molar-refractivity contribution is -0.284. The summed E-state index contributed by atoms with van der Waals surface area (Å²) >= 11 is 0. The number of phenols is 1. The van der Waals surface area contributed by atoms with Crippen molar-refractivity contribution in [1.82, 2.24) is 0 Å². The quantitative estimate of drug-likeness (QED) is 0.103. The molecule has 0 radical (unpaired) electrons. The third-order valence-corrected chi connectivity index (χ3v) is 11.3. The van der Waals surface area contributed by atoms with Gasteiger partial charge in [-0.15, -0.1) is 0 Å². The number of phenolic OH excluding ortho intramolecular Hbond substituents is 1. The molecule has 0 heterocycles. The van der Waals surface area contributed by atoms with Gasteiger partial charge >= 0.3 is 18.1 Å². The molecule has 1 unspecified atom stereocenters. The predicted octanol–water partition coefficient (Wildman–Crippen LogP) is 9.58. The maximum atomic E-state index is 13.1. The Morgan fingerprint density at radius 3 is 2.32 bits per heavy atom. The molecule has 0 aliphatic heterocycles. The minimum Gasteiger partial charge on any atom is -0.508 e. The number of benzene rings is 1. The number of aromatic hydroxyl groups is 1. The highest BCUT2D eigenvalue weighted by Gasteiger charge is 2.57. The maximum Gasteiger partial charge on any atom is 0.453 e. The second kappa shape index (κ2) is 14.1. The van der Waals surface area contributed by atoms with Gasteiger partial charge in [0.1, 0.15) is 5.75 Å². The van der Waals surface area contributed by atoms with Crippen LogP contribution in [0, 0.1) is 29.1 Å². The minimum atomic E-state index is -5.60. The monoisotopic (exact) mass is 628 g/mol. The molecule has 1 aromatic carbocycles. The van der Waals surface area contributed by atoms with Crippen molar-refractivity contribution < 1.29 is 42.1 Å². The number of hydrogen-bond donors (Lipinski definition) is 3. The number of fused-ring (bicyclic) bond motifs is 5. The van der Waals surface area contributed by atoms with E-state index in [4.69, 9.17) is 0 Å². The van der Waals surface area contributed by atoms with Crippen LogP contribution in [0.1, 0.15) is 120 Å². The van der Waals surface area contributed by atoms with Crippen LogP contribution in [0.4, 0.5) is 22.0 Å². The molecule has 3 aliphatic rings. The summed E-state index contributed by atoms with van der Waals surface area (Å²) in [6.07, 6.45) is 3.73. The van der Waals surface area contributed by atoms with Crippen molar-refractivity contribution in [3.63, 3.8) is 0 Å². The Hall–Kier alpha value is -2.16. The van der Waals surface area contributed by atoms with E-state index >= 15 is 0 Å². The standard InChI is InChI=1S/C35H49F5O4/c1-22-30(42)21-29-31-24(19-25-20-26(41)14-15-27(25)28(31)16-18-33(22,29)2)12-9-7-5-3-4-6-8-11-23(32(43)44)13-10-17-34(36,37)35(38,39)40/h14-15,20,23-24,28-31,41-42H,1,3-13,16-19,21H2,2H3,(H,43,44)/t23?,24-,28-,29+,30-,31-,33-/m1/s1. The van der Waals surface area contributed by atoms with Crippen molar-refractivity contribution in [2.24, 2.45) is 29.1 Å². The number of alkyl halides is 5. The largest absolute Gasteiger partial charge is 0.508 e. The second-order valence-electron chi connectivity index (χ2n) is 14.1. The summed E-state index contributed by atoms with van der Waals surface area (Å²) in [6.45, 7) is 6.59. The average Bonchev–Trinajstić information content (AvgIpc) is 3.17. The van der Waals surface area contributed by atoms with Crippen LogP contribution in [0.3, 0.4) is 0 Å². The fourth-order valence-electron chi connectivity index (χ4n) is 8.77. The molecule has 9 heteroatoms. The second-order valence-corrected chi connectivity index (χ2v) is 14.1. The van der Waals surface area contributed by atoms with E-state index in [1.165, 1.54) is 11.1 Å². The lowest BCUT2D eigenvalue weighted by Gasteiger charge is -2.52. The van der Waals surface area contributed by atoms with Gasteiger partial charge in [0, 0.05) is 6.42 Å². The Bertz CT molecular complexity index is 1150. The molecule has 0 spiro atoms. The molecule has 3 aliphatic carbocycles. The number of aliphatic carboxylic acids is 1. The van der Waals surface area contributed by atoms with Crippen LogP contribution in [0.15, 0.2) is 30.4 Å². The Morgan fingerprint density at radius 2 is 1.66 bits per heavy atom. The van der Waals surface area contributed by atoms with E-state index < -0.39 is 42.9 Å². The topological polar surface area (TPSA) is 77.8 Å². The van der Waals surface area contributed by atoms with Gasteiger partial charge in [-0.25, -0.2) is 0 Å². The molecular formula is C35H49F5O4. The van der Waals surface area contributed by atoms with Gasteiger partial charge in [-0.1, -0.05) is 64.5 Å². The van der Waals surface area contributed by atoms with Gasteiger partial charge in [0.05, 0.1) is 12.0 Å². The number of halogens is 5. The number of aliphatic hydroxyl groups is 1. The zero-order valence-electron chi connectivity index (χ0n) is 25.9. The van der Waals surface area contributed by atoms with Gasteiger partial charge in [-0.05, 0) is 109 Å². The van der Waals surface area contributed by atoms with Crippen LogP contribution in [-0.4, -0.2) is 39.5 Å². The lowest BCUT2D eigenvalue weighted by Crippen LogP contribution is -2.44. The van der Waals surface area contributed by atoms with Gasteiger partial charge in [-0.2, -0.15) is 22.0 Å². The fraction of sp³-hybridized carbons (Fsp3) is 0.743. The molecule has 4 rings (SSSR count). The van der Waals surface area contributed by atoms with E-state index in [-0.39, 0.29) is 18.3 Å². The van der Waals surface area contributed by atoms with Gasteiger partial charge < -0.3 is 15.3 Å². The van der Waals surface area contributed by atoms with Gasteiger partial charge in [0.2, 0.25) is 0 Å². The summed E-state index contributed by atoms with van der Waals surface area (Å²) in [6, 6.07) is 5.84. The van der Waals surface area contributed by atoms with E-state index in [0.717, 1.165) is 76.2 Å². The zero-order valence-corrected chi connectivity index (χ0v) is 25.9. The molecule has 44 heavy (non-hydrogen) atoms. The van der Waals surface area contributed by atoms with Crippen LogP contribution in [-0.2, 0) is 11.2 Å². The summed E-state index contributed by atoms with van der Waals surface area (Å²) in [5.74, 6) is -4.69. The Labute approximate surface area is 258 Å². The predicted molar refractivity (Wildman–Crippen MR) is 160 cm³/mol. The Morgan fingerprint density at radius 1 is 1.02 bits per heavy atom. The highest BCUT2D eigenvalue weighted by molar-refractivity contribution is 5.69. The van der Waals surface area contributed by atoms with Crippen molar-refractivity contribution in [3.05, 3.63) is 41.5 Å². The molecule has 2 saturated carbocycles. The molecule has 248 valence electrons. The van der Waals surface area contributed by atoms with Crippen molar-refractivity contribution in [3.8, 4) is 5.75 Å². The molecule has 1 aromatic rings. The zero-order chi connectivity index (χ0) is 32.3. The Balaban J connectivity index is 1.19. The van der Waals surface area contributed by atoms with Crippen LogP contribution >= 0.6 is 0 Å². The smallest absolute Gasteiger partial charge is 0.453 e. The summed E-state index contributed by atoms with van der Waals surface area (Å²) in [5.41, 5.74) is 3.59. The fourth-order valence-corrected chi connectivity index (χ4v) is 8.77.